The molecule has 0 spiro atoms. The molecule has 2 aromatic heterocycles. The topological polar surface area (TPSA) is 79.8 Å². The molecule has 0 saturated carbocycles. The average molecular weight is 427 g/mol. The van der Waals surface area contributed by atoms with E-state index in [9.17, 15) is 14.9 Å². The Labute approximate surface area is 181 Å². The van der Waals surface area contributed by atoms with Gasteiger partial charge < -0.3 is 9.13 Å². The number of aryl methyl sites for hydroxylation is 2. The molecular weight excluding hydrogens is 412 g/mol. The number of nitrogens with zero attached hydrogens (tertiary/aromatic N) is 3. The molecule has 0 fully saturated rings. The lowest BCUT2D eigenvalue weighted by atomic mass is 9.96. The van der Waals surface area contributed by atoms with Crippen molar-refractivity contribution in [3.63, 3.8) is 0 Å². The summed E-state index contributed by atoms with van der Waals surface area (Å²) in [7, 11) is 1.96. The number of halogens is 1. The van der Waals surface area contributed by atoms with Gasteiger partial charge in [-0.25, -0.2) is 0 Å². The quantitative estimate of drug-likeness (QED) is 0.408. The van der Waals surface area contributed by atoms with E-state index in [1.54, 1.807) is 6.07 Å². The number of carbonyl (C=O) groups is 2. The van der Waals surface area contributed by atoms with Crippen LogP contribution in [0, 0.1) is 11.3 Å². The molecule has 1 aliphatic heterocycles. The number of carbonyl (C=O) groups excluding carboxylic acids is 2. The molecule has 0 unspecified atom stereocenters. The predicted molar refractivity (Wildman–Crippen MR) is 120 cm³/mol. The Bertz CT molecular complexity index is 1680. The van der Waals surface area contributed by atoms with Crippen LogP contribution in [0.5, 0.6) is 0 Å². The minimum absolute atomic E-state index is 0.315. The molecule has 0 aliphatic carbocycles. The Morgan fingerprint density at radius 2 is 1.68 bits per heavy atom. The van der Waals surface area contributed by atoms with Crippen molar-refractivity contribution in [3.8, 4) is 6.07 Å². The van der Waals surface area contributed by atoms with Gasteiger partial charge in [-0.15, -0.1) is 0 Å². The lowest BCUT2D eigenvalue weighted by molar-refractivity contribution is 0.0880. The van der Waals surface area contributed by atoms with Crippen LogP contribution in [-0.2, 0) is 13.6 Å². The van der Waals surface area contributed by atoms with Crippen LogP contribution >= 0.6 is 11.6 Å². The van der Waals surface area contributed by atoms with E-state index in [0.29, 0.717) is 34.5 Å². The van der Waals surface area contributed by atoms with E-state index in [1.807, 2.05) is 43.4 Å². The number of imide groups is 1. The Hall–Kier alpha value is -3.82. The standard InChI is InChI=1S/C24H15ClN4O2/c1-28-15-6-3-2-5-13(15)17-19-20(24(31)27-23(19)30)18-14-11-12(25)7-8-16(14)29(10-4-9-26)22(18)21(17)28/h2-3,5-8,11H,4,10H2,1H3,(H,27,30,31). The lowest BCUT2D eigenvalue weighted by Crippen LogP contribution is -2.20. The van der Waals surface area contributed by atoms with Crippen LogP contribution in [0.2, 0.25) is 5.02 Å². The van der Waals surface area contributed by atoms with Crippen LogP contribution in [0.25, 0.3) is 43.6 Å². The van der Waals surface area contributed by atoms with Crippen molar-refractivity contribution in [2.45, 2.75) is 13.0 Å². The van der Waals surface area contributed by atoms with Gasteiger partial charge in [0.15, 0.2) is 0 Å². The number of nitriles is 1. The van der Waals surface area contributed by atoms with Gasteiger partial charge in [0.2, 0.25) is 0 Å². The Morgan fingerprint density at radius 1 is 0.968 bits per heavy atom. The van der Waals surface area contributed by atoms with Crippen molar-refractivity contribution in [3.05, 3.63) is 58.6 Å². The first-order valence-corrected chi connectivity index (χ1v) is 10.3. The van der Waals surface area contributed by atoms with Crippen LogP contribution in [0.4, 0.5) is 0 Å². The van der Waals surface area contributed by atoms with Crippen molar-refractivity contribution in [2.24, 2.45) is 7.05 Å². The first-order valence-electron chi connectivity index (χ1n) is 9.90. The van der Waals surface area contributed by atoms with Crippen molar-refractivity contribution < 1.29 is 9.59 Å². The average Bonchev–Trinajstić information content (AvgIpc) is 3.34. The molecule has 0 atom stereocenters. The van der Waals surface area contributed by atoms with Gasteiger partial charge in [-0.1, -0.05) is 29.8 Å². The minimum atomic E-state index is -0.404. The summed E-state index contributed by atoms with van der Waals surface area (Å²) in [5.41, 5.74) is 4.33. The molecule has 5 aromatic rings. The number of amides is 2. The van der Waals surface area contributed by atoms with E-state index in [2.05, 4.69) is 20.5 Å². The van der Waals surface area contributed by atoms with E-state index in [4.69, 9.17) is 11.6 Å². The smallest absolute Gasteiger partial charge is 0.259 e. The van der Waals surface area contributed by atoms with Crippen molar-refractivity contribution in [2.75, 3.05) is 0 Å². The maximum atomic E-state index is 13.0. The van der Waals surface area contributed by atoms with Gasteiger partial charge in [-0.05, 0) is 24.3 Å². The molecule has 2 amide bonds. The molecule has 150 valence electrons. The molecular formula is C24H15ClN4O2. The van der Waals surface area contributed by atoms with Crippen molar-refractivity contribution >= 4 is 67.0 Å². The molecule has 6 nitrogen and oxygen atoms in total. The monoisotopic (exact) mass is 426 g/mol. The number of fused-ring (bicyclic) bond motifs is 10. The zero-order valence-corrected chi connectivity index (χ0v) is 17.2. The zero-order valence-electron chi connectivity index (χ0n) is 16.5. The highest BCUT2D eigenvalue weighted by Crippen LogP contribution is 2.44. The number of hydrogen-bond acceptors (Lipinski definition) is 3. The second-order valence-electron chi connectivity index (χ2n) is 7.78. The van der Waals surface area contributed by atoms with Crippen molar-refractivity contribution in [1.29, 1.82) is 5.26 Å². The molecule has 3 aromatic carbocycles. The number of hydrogen-bond donors (Lipinski definition) is 1. The van der Waals surface area contributed by atoms with E-state index in [0.717, 1.165) is 38.2 Å². The summed E-state index contributed by atoms with van der Waals surface area (Å²) >= 11 is 6.33. The third-order valence-electron chi connectivity index (χ3n) is 6.24. The summed E-state index contributed by atoms with van der Waals surface area (Å²) in [4.78, 5) is 25.9. The normalized spacial score (nSPS) is 13.5. The Balaban J connectivity index is 2.01. The highest BCUT2D eigenvalue weighted by atomic mass is 35.5. The third kappa shape index (κ3) is 2.16. The fourth-order valence-electron chi connectivity index (χ4n) is 5.08. The number of rotatable bonds is 2. The van der Waals surface area contributed by atoms with Crippen LogP contribution < -0.4 is 5.32 Å². The fourth-order valence-corrected chi connectivity index (χ4v) is 5.25. The van der Waals surface area contributed by atoms with Gasteiger partial charge in [0, 0.05) is 51.2 Å². The molecule has 6 rings (SSSR count). The van der Waals surface area contributed by atoms with Gasteiger partial charge in [0.05, 0.1) is 34.7 Å². The second kappa shape index (κ2) is 6.10. The SMILES string of the molecule is Cn1c2ccccc2c2c3c(c4c5cc(Cl)ccc5n(CCC#N)c4c21)C(=O)NC3=O. The maximum absolute atomic E-state index is 13.0. The van der Waals surface area contributed by atoms with Gasteiger partial charge in [0.25, 0.3) is 11.8 Å². The summed E-state index contributed by atoms with van der Waals surface area (Å²) in [6.45, 7) is 0.461. The molecule has 31 heavy (non-hydrogen) atoms. The molecule has 7 heteroatoms. The highest BCUT2D eigenvalue weighted by molar-refractivity contribution is 6.40. The summed E-state index contributed by atoms with van der Waals surface area (Å²) < 4.78 is 4.13. The third-order valence-corrected chi connectivity index (χ3v) is 6.47. The van der Waals surface area contributed by atoms with Gasteiger partial charge in [0.1, 0.15) is 0 Å². The van der Waals surface area contributed by atoms with Gasteiger partial charge in [-0.3, -0.25) is 14.9 Å². The minimum Gasteiger partial charge on any atom is -0.342 e. The summed E-state index contributed by atoms with van der Waals surface area (Å²) in [6.07, 6.45) is 0.315. The molecule has 0 saturated heterocycles. The summed E-state index contributed by atoms with van der Waals surface area (Å²) in [5.74, 6) is -0.789. The molecule has 1 aliphatic rings. The summed E-state index contributed by atoms with van der Waals surface area (Å²) in [5, 5.41) is 15.5. The first-order chi connectivity index (χ1) is 15.0. The van der Waals surface area contributed by atoms with Crippen LogP contribution in [0.15, 0.2) is 42.5 Å². The van der Waals surface area contributed by atoms with Crippen LogP contribution in [0.1, 0.15) is 27.1 Å². The number of nitrogens with one attached hydrogen (secondary N) is 1. The fraction of sp³-hybridized carbons (Fsp3) is 0.125. The zero-order chi connectivity index (χ0) is 21.4. The molecule has 0 radical (unpaired) electrons. The Kier molecular flexibility index (Phi) is 3.54. The second-order valence-corrected chi connectivity index (χ2v) is 8.21. The summed E-state index contributed by atoms with van der Waals surface area (Å²) in [6, 6.07) is 15.6. The van der Waals surface area contributed by atoms with Crippen LogP contribution in [0.3, 0.4) is 0 Å². The lowest BCUT2D eigenvalue weighted by Gasteiger charge is -2.09. The first kappa shape index (κ1) is 18.0. The maximum Gasteiger partial charge on any atom is 0.259 e. The number of benzene rings is 3. The molecule has 3 heterocycles. The number of para-hydroxylation sites is 1. The van der Waals surface area contributed by atoms with Crippen molar-refractivity contribution in [1.82, 2.24) is 14.5 Å². The predicted octanol–water partition coefficient (Wildman–Crippen LogP) is 4.89. The van der Waals surface area contributed by atoms with Gasteiger partial charge >= 0.3 is 0 Å². The van der Waals surface area contributed by atoms with Crippen LogP contribution in [-0.4, -0.2) is 20.9 Å². The Morgan fingerprint density at radius 3 is 2.42 bits per heavy atom. The highest BCUT2D eigenvalue weighted by Gasteiger charge is 2.36. The van der Waals surface area contributed by atoms with Gasteiger partial charge in [-0.2, -0.15) is 5.26 Å². The van der Waals surface area contributed by atoms with E-state index in [1.165, 1.54) is 0 Å². The van der Waals surface area contributed by atoms with E-state index < -0.39 is 5.91 Å². The number of aromatic nitrogens is 2. The molecule has 0 bridgehead atoms. The largest absolute Gasteiger partial charge is 0.342 e. The molecule has 1 N–H and O–H groups in total. The van der Waals surface area contributed by atoms with E-state index >= 15 is 0 Å². The van der Waals surface area contributed by atoms with E-state index in [-0.39, 0.29) is 5.91 Å².